The van der Waals surface area contributed by atoms with Crippen LogP contribution in [0.25, 0.3) is 0 Å². The molecule has 1 nitrogen and oxygen atoms in total. The molecule has 0 spiro atoms. The highest BCUT2D eigenvalue weighted by molar-refractivity contribution is 5.38. The smallest absolute Gasteiger partial charge is 0.140 e. The first kappa shape index (κ1) is 13.7. The van der Waals surface area contributed by atoms with Gasteiger partial charge in [0.05, 0.1) is 0 Å². The second kappa shape index (κ2) is 7.64. The molecule has 0 aromatic heterocycles. The summed E-state index contributed by atoms with van der Waals surface area (Å²) in [6.45, 7) is 0. The van der Waals surface area contributed by atoms with E-state index in [2.05, 4.69) is 23.7 Å². The summed E-state index contributed by atoms with van der Waals surface area (Å²) >= 11 is 0. The standard InChI is InChI=1S/C19H14O/c20-19(18-14-8-4-9-15-18)16-10-2-1-5-11-17-12-6-3-7-13-17/h1-4,6-9,12-15,19-20H/b2-1-. The molecule has 0 aliphatic carbocycles. The molecule has 0 saturated carbocycles. The number of allylic oxidation sites excluding steroid dienone is 2. The van der Waals surface area contributed by atoms with Gasteiger partial charge in [-0.05, 0) is 29.8 Å². The Labute approximate surface area is 119 Å². The van der Waals surface area contributed by atoms with Gasteiger partial charge in [-0.3, -0.25) is 0 Å². The van der Waals surface area contributed by atoms with Crippen LogP contribution in [0.3, 0.4) is 0 Å². The predicted molar refractivity (Wildman–Crippen MR) is 81.6 cm³/mol. The Bertz CT molecular complexity index is 677. The van der Waals surface area contributed by atoms with Gasteiger partial charge in [0.15, 0.2) is 0 Å². The van der Waals surface area contributed by atoms with E-state index in [4.69, 9.17) is 0 Å². The summed E-state index contributed by atoms with van der Waals surface area (Å²) in [5.41, 5.74) is 1.76. The third-order valence-corrected chi connectivity index (χ3v) is 2.58. The molecule has 0 aliphatic rings. The van der Waals surface area contributed by atoms with Crippen LogP contribution < -0.4 is 0 Å². The van der Waals surface area contributed by atoms with Gasteiger partial charge in [0, 0.05) is 5.56 Å². The van der Waals surface area contributed by atoms with Crippen LogP contribution in [0, 0.1) is 23.7 Å². The molecule has 0 heterocycles. The molecule has 0 amide bonds. The van der Waals surface area contributed by atoms with Gasteiger partial charge in [-0.2, -0.15) is 0 Å². The van der Waals surface area contributed by atoms with E-state index in [0.29, 0.717) is 0 Å². The number of hydrogen-bond donors (Lipinski definition) is 1. The molecule has 96 valence electrons. The Hall–Kier alpha value is -2.74. The SMILES string of the molecule is OC(C#C/C=C\C#Cc1ccccc1)c1ccccc1. The second-order valence-corrected chi connectivity index (χ2v) is 4.07. The second-order valence-electron chi connectivity index (χ2n) is 4.07. The molecule has 0 bridgehead atoms. The first-order chi connectivity index (χ1) is 9.86. The van der Waals surface area contributed by atoms with E-state index in [9.17, 15) is 5.11 Å². The Balaban J connectivity index is 1.92. The maximum absolute atomic E-state index is 9.81. The summed E-state index contributed by atoms with van der Waals surface area (Å²) in [5.74, 6) is 11.4. The van der Waals surface area contributed by atoms with Crippen LogP contribution in [0.15, 0.2) is 72.8 Å². The Kier molecular flexibility index (Phi) is 5.23. The maximum Gasteiger partial charge on any atom is 0.140 e. The van der Waals surface area contributed by atoms with E-state index in [1.54, 1.807) is 12.2 Å². The van der Waals surface area contributed by atoms with Crippen LogP contribution in [0.2, 0.25) is 0 Å². The third kappa shape index (κ3) is 4.50. The fourth-order valence-corrected chi connectivity index (χ4v) is 1.58. The molecule has 2 aromatic rings. The third-order valence-electron chi connectivity index (χ3n) is 2.58. The molecular weight excluding hydrogens is 244 g/mol. The Morgan fingerprint density at radius 1 is 0.800 bits per heavy atom. The number of rotatable bonds is 1. The lowest BCUT2D eigenvalue weighted by Crippen LogP contribution is -1.91. The first-order valence-corrected chi connectivity index (χ1v) is 6.32. The highest BCUT2D eigenvalue weighted by Crippen LogP contribution is 2.09. The quantitative estimate of drug-likeness (QED) is 0.778. The van der Waals surface area contributed by atoms with Crippen molar-refractivity contribution in [3.8, 4) is 23.7 Å². The minimum absolute atomic E-state index is 0.761. The largest absolute Gasteiger partial charge is 0.376 e. The fourth-order valence-electron chi connectivity index (χ4n) is 1.58. The van der Waals surface area contributed by atoms with Gasteiger partial charge in [0.25, 0.3) is 0 Å². The van der Waals surface area contributed by atoms with Gasteiger partial charge < -0.3 is 5.11 Å². The van der Waals surface area contributed by atoms with Crippen LogP contribution in [-0.2, 0) is 0 Å². The lowest BCUT2D eigenvalue weighted by atomic mass is 10.1. The number of benzene rings is 2. The highest BCUT2D eigenvalue weighted by Gasteiger charge is 1.99. The predicted octanol–water partition coefficient (Wildman–Crippen LogP) is 3.33. The van der Waals surface area contributed by atoms with Crippen molar-refractivity contribution in [1.29, 1.82) is 0 Å². The van der Waals surface area contributed by atoms with Crippen LogP contribution in [0.5, 0.6) is 0 Å². The fraction of sp³-hybridized carbons (Fsp3) is 0.0526. The molecule has 0 aliphatic heterocycles. The van der Waals surface area contributed by atoms with Gasteiger partial charge in [-0.25, -0.2) is 0 Å². The number of aliphatic hydroxyl groups is 1. The normalized spacial score (nSPS) is 11.1. The molecule has 2 rings (SSSR count). The molecule has 0 fully saturated rings. The van der Waals surface area contributed by atoms with E-state index in [0.717, 1.165) is 11.1 Å². The molecule has 1 heteroatoms. The van der Waals surface area contributed by atoms with Crippen LogP contribution in [0.1, 0.15) is 17.2 Å². The summed E-state index contributed by atoms with van der Waals surface area (Å²) in [6, 6.07) is 19.1. The Morgan fingerprint density at radius 3 is 2.10 bits per heavy atom. The minimum Gasteiger partial charge on any atom is -0.376 e. The van der Waals surface area contributed by atoms with Gasteiger partial charge in [-0.1, -0.05) is 72.2 Å². The van der Waals surface area contributed by atoms with Crippen molar-refractivity contribution >= 4 is 0 Å². The van der Waals surface area contributed by atoms with E-state index in [1.807, 2.05) is 60.7 Å². The lowest BCUT2D eigenvalue weighted by Gasteiger charge is -2.01. The van der Waals surface area contributed by atoms with Crippen molar-refractivity contribution < 1.29 is 5.11 Å². The van der Waals surface area contributed by atoms with E-state index in [1.165, 1.54) is 0 Å². The van der Waals surface area contributed by atoms with E-state index < -0.39 is 6.10 Å². The maximum atomic E-state index is 9.81. The first-order valence-electron chi connectivity index (χ1n) is 6.32. The zero-order valence-corrected chi connectivity index (χ0v) is 11.0. The van der Waals surface area contributed by atoms with E-state index >= 15 is 0 Å². The minimum atomic E-state index is -0.761. The van der Waals surface area contributed by atoms with Crippen molar-refractivity contribution in [1.82, 2.24) is 0 Å². The monoisotopic (exact) mass is 258 g/mol. The molecule has 20 heavy (non-hydrogen) atoms. The molecule has 0 saturated heterocycles. The van der Waals surface area contributed by atoms with Crippen LogP contribution in [-0.4, -0.2) is 5.11 Å². The van der Waals surface area contributed by atoms with Crippen molar-refractivity contribution in [2.24, 2.45) is 0 Å². The topological polar surface area (TPSA) is 20.2 Å². The van der Waals surface area contributed by atoms with Crippen molar-refractivity contribution in [2.45, 2.75) is 6.10 Å². The molecule has 1 N–H and O–H groups in total. The van der Waals surface area contributed by atoms with Gasteiger partial charge in [0.2, 0.25) is 0 Å². The summed E-state index contributed by atoms with van der Waals surface area (Å²) < 4.78 is 0. The summed E-state index contributed by atoms with van der Waals surface area (Å²) in [4.78, 5) is 0. The molecule has 1 atom stereocenters. The zero-order chi connectivity index (χ0) is 14.0. The van der Waals surface area contributed by atoms with Crippen molar-refractivity contribution in [3.63, 3.8) is 0 Å². The molecule has 1 unspecified atom stereocenters. The van der Waals surface area contributed by atoms with Crippen LogP contribution in [0.4, 0.5) is 0 Å². The molecule has 2 aromatic carbocycles. The molecule has 0 radical (unpaired) electrons. The number of hydrogen-bond acceptors (Lipinski definition) is 1. The van der Waals surface area contributed by atoms with Crippen molar-refractivity contribution in [2.75, 3.05) is 0 Å². The van der Waals surface area contributed by atoms with Crippen LogP contribution >= 0.6 is 0 Å². The number of aliphatic hydroxyl groups excluding tert-OH is 1. The van der Waals surface area contributed by atoms with Gasteiger partial charge >= 0.3 is 0 Å². The summed E-state index contributed by atoms with van der Waals surface area (Å²) in [5, 5.41) is 9.81. The van der Waals surface area contributed by atoms with Gasteiger partial charge in [0.1, 0.15) is 6.10 Å². The zero-order valence-electron chi connectivity index (χ0n) is 11.0. The summed E-state index contributed by atoms with van der Waals surface area (Å²) in [6.07, 6.45) is 2.56. The summed E-state index contributed by atoms with van der Waals surface area (Å²) in [7, 11) is 0. The lowest BCUT2D eigenvalue weighted by molar-refractivity contribution is 0.238. The van der Waals surface area contributed by atoms with Crippen molar-refractivity contribution in [3.05, 3.63) is 83.9 Å². The molecular formula is C19H14O. The highest BCUT2D eigenvalue weighted by atomic mass is 16.3. The van der Waals surface area contributed by atoms with E-state index in [-0.39, 0.29) is 0 Å². The average Bonchev–Trinajstić information content (AvgIpc) is 2.52. The average molecular weight is 258 g/mol. The van der Waals surface area contributed by atoms with Gasteiger partial charge in [-0.15, -0.1) is 0 Å². The Morgan fingerprint density at radius 2 is 1.40 bits per heavy atom.